The van der Waals surface area contributed by atoms with Crippen LogP contribution < -0.4 is 0 Å². The Balaban J connectivity index is 4.40. The Kier molecular flexibility index (Phi) is 13.6. The average Bonchev–Trinajstić information content (AvgIpc) is 2.49. The minimum absolute atomic E-state index is 0.163. The highest BCUT2D eigenvalue weighted by atomic mass is 16.6. The molecule has 0 amide bonds. The van der Waals surface area contributed by atoms with Crippen molar-refractivity contribution in [3.05, 3.63) is 0 Å². The molecule has 0 aromatic carbocycles. The smallest absolute Gasteiger partial charge is 0.107 e. The molecule has 0 aliphatic rings. The largest absolute Gasteiger partial charge is 0.378 e. The molecule has 0 aromatic heterocycles. The van der Waals surface area contributed by atoms with Gasteiger partial charge in [-0.3, -0.25) is 0 Å². The van der Waals surface area contributed by atoms with E-state index >= 15 is 0 Å². The Morgan fingerprint density at radius 1 is 0.810 bits per heavy atom. The van der Waals surface area contributed by atoms with Crippen LogP contribution in [-0.4, -0.2) is 38.6 Å². The lowest BCUT2D eigenvalue weighted by Crippen LogP contribution is -2.36. The predicted molar refractivity (Wildman–Crippen MR) is 75.9 cm³/mol. The van der Waals surface area contributed by atoms with Gasteiger partial charge in [0.25, 0.3) is 0 Å². The number of rotatable bonds is 13. The first-order valence-corrected chi connectivity index (χ1v) is 7.21. The fraction of sp³-hybridized carbons (Fsp3) is 0.800. The van der Waals surface area contributed by atoms with Crippen molar-refractivity contribution >= 4 is 0 Å². The molecule has 2 atom stereocenters. The fourth-order valence-corrected chi connectivity index (χ4v) is 1.75. The number of hydrogen-bond acceptors (Lipinski definition) is 6. The van der Waals surface area contributed by atoms with Crippen LogP contribution in [0.15, 0.2) is 0 Å². The van der Waals surface area contributed by atoms with Crippen molar-refractivity contribution in [3.63, 3.8) is 0 Å². The van der Waals surface area contributed by atoms with E-state index in [2.05, 4.69) is 0 Å². The molecule has 6 heteroatoms. The van der Waals surface area contributed by atoms with Gasteiger partial charge in [-0.1, -0.05) is 13.3 Å². The lowest BCUT2D eigenvalue weighted by atomic mass is 10.1. The zero-order valence-corrected chi connectivity index (χ0v) is 12.6. The zero-order valence-electron chi connectivity index (χ0n) is 12.6. The summed E-state index contributed by atoms with van der Waals surface area (Å²) in [6, 6.07) is 6.08. The van der Waals surface area contributed by atoms with Gasteiger partial charge in [-0.15, -0.1) is 0 Å². The summed E-state index contributed by atoms with van der Waals surface area (Å²) in [5.41, 5.74) is 0. The Bertz CT molecular complexity index is 368. The molecule has 0 saturated heterocycles. The van der Waals surface area contributed by atoms with Crippen LogP contribution in [0.25, 0.3) is 0 Å². The maximum absolute atomic E-state index is 8.58. The van der Waals surface area contributed by atoms with Crippen molar-refractivity contribution in [2.75, 3.05) is 26.4 Å². The van der Waals surface area contributed by atoms with Crippen molar-refractivity contribution in [2.45, 2.75) is 51.2 Å². The molecule has 2 unspecified atom stereocenters. The molecule has 0 saturated carbocycles. The molecule has 0 aromatic rings. The van der Waals surface area contributed by atoms with Crippen LogP contribution in [-0.2, 0) is 14.2 Å². The minimum atomic E-state index is -0.282. The third-order valence-electron chi connectivity index (χ3n) is 2.72. The number of ether oxygens (including phenoxy) is 3. The first-order valence-electron chi connectivity index (χ1n) is 7.21. The minimum Gasteiger partial charge on any atom is -0.378 e. The van der Waals surface area contributed by atoms with E-state index in [0.29, 0.717) is 45.7 Å². The molecule has 0 radical (unpaired) electrons. The highest BCUT2D eigenvalue weighted by Gasteiger charge is 2.22. The Morgan fingerprint density at radius 3 is 1.86 bits per heavy atom. The summed E-state index contributed by atoms with van der Waals surface area (Å²) in [6.07, 6.45) is 2.25. The molecular formula is C15H23N3O3. The van der Waals surface area contributed by atoms with Crippen molar-refractivity contribution < 1.29 is 14.2 Å². The highest BCUT2D eigenvalue weighted by Crippen LogP contribution is 2.13. The van der Waals surface area contributed by atoms with Crippen LogP contribution in [0, 0.1) is 34.0 Å². The molecule has 6 nitrogen and oxygen atoms in total. The molecule has 0 fully saturated rings. The van der Waals surface area contributed by atoms with Gasteiger partial charge in [-0.2, -0.15) is 15.8 Å². The van der Waals surface area contributed by atoms with Crippen molar-refractivity contribution in [3.8, 4) is 18.2 Å². The van der Waals surface area contributed by atoms with Gasteiger partial charge < -0.3 is 14.2 Å². The molecule has 0 spiro atoms. The first kappa shape index (κ1) is 19.4. The second-order valence-electron chi connectivity index (χ2n) is 4.41. The van der Waals surface area contributed by atoms with Crippen LogP contribution in [0.2, 0.25) is 0 Å². The molecule has 0 rings (SSSR count). The Labute approximate surface area is 126 Å². The van der Waals surface area contributed by atoms with Gasteiger partial charge in [-0.25, -0.2) is 0 Å². The van der Waals surface area contributed by atoms with Crippen molar-refractivity contribution in [1.82, 2.24) is 0 Å². The van der Waals surface area contributed by atoms with Crippen molar-refractivity contribution in [1.29, 1.82) is 15.8 Å². The van der Waals surface area contributed by atoms with E-state index in [0.717, 1.165) is 12.8 Å². The molecule has 21 heavy (non-hydrogen) atoms. The summed E-state index contributed by atoms with van der Waals surface area (Å²) in [6.45, 7) is 3.40. The van der Waals surface area contributed by atoms with Gasteiger partial charge in [0.15, 0.2) is 0 Å². The maximum Gasteiger partial charge on any atom is 0.107 e. The van der Waals surface area contributed by atoms with E-state index in [1.54, 1.807) is 0 Å². The second-order valence-corrected chi connectivity index (χ2v) is 4.41. The summed E-state index contributed by atoms with van der Waals surface area (Å²) in [5, 5.41) is 25.6. The highest BCUT2D eigenvalue weighted by molar-refractivity contribution is 4.76. The third-order valence-corrected chi connectivity index (χ3v) is 2.72. The average molecular weight is 293 g/mol. The molecule has 0 aliphatic carbocycles. The third kappa shape index (κ3) is 10.8. The summed E-state index contributed by atoms with van der Waals surface area (Å²) in [4.78, 5) is 0. The van der Waals surface area contributed by atoms with Crippen LogP contribution in [0.1, 0.15) is 39.0 Å². The molecule has 0 aliphatic heterocycles. The van der Waals surface area contributed by atoms with E-state index in [4.69, 9.17) is 30.0 Å². The van der Waals surface area contributed by atoms with Gasteiger partial charge in [0, 0.05) is 0 Å². The number of nitrogens with zero attached hydrogens (tertiary/aromatic N) is 3. The SMILES string of the molecule is CCCC(OCCC#N)C(COCCC#N)OCCC#N. The number of nitriles is 3. The van der Waals surface area contributed by atoms with E-state index in [-0.39, 0.29) is 12.2 Å². The first-order chi connectivity index (χ1) is 10.3. The van der Waals surface area contributed by atoms with Gasteiger partial charge in [0.1, 0.15) is 6.10 Å². The summed E-state index contributed by atoms with van der Waals surface area (Å²) in [5.74, 6) is 0. The summed E-state index contributed by atoms with van der Waals surface area (Å²) in [7, 11) is 0. The topological polar surface area (TPSA) is 99.1 Å². The quantitative estimate of drug-likeness (QED) is 0.483. The van der Waals surface area contributed by atoms with Gasteiger partial charge in [-0.05, 0) is 6.42 Å². The lowest BCUT2D eigenvalue weighted by Gasteiger charge is -2.27. The van der Waals surface area contributed by atoms with E-state index < -0.39 is 0 Å². The van der Waals surface area contributed by atoms with Gasteiger partial charge in [0.05, 0.1) is 70.0 Å². The Morgan fingerprint density at radius 2 is 1.33 bits per heavy atom. The summed E-state index contributed by atoms with van der Waals surface area (Å²) < 4.78 is 16.8. The summed E-state index contributed by atoms with van der Waals surface area (Å²) >= 11 is 0. The molecule has 0 heterocycles. The predicted octanol–water partition coefficient (Wildman–Crippen LogP) is 2.31. The van der Waals surface area contributed by atoms with Crippen LogP contribution >= 0.6 is 0 Å². The monoisotopic (exact) mass is 293 g/mol. The zero-order chi connectivity index (χ0) is 15.8. The maximum atomic E-state index is 8.58. The van der Waals surface area contributed by atoms with Gasteiger partial charge >= 0.3 is 0 Å². The lowest BCUT2D eigenvalue weighted by molar-refractivity contribution is -0.104. The number of hydrogen-bond donors (Lipinski definition) is 0. The van der Waals surface area contributed by atoms with Gasteiger partial charge in [0.2, 0.25) is 0 Å². The second kappa shape index (κ2) is 14.8. The van der Waals surface area contributed by atoms with E-state index in [9.17, 15) is 0 Å². The van der Waals surface area contributed by atoms with Crippen LogP contribution in [0.3, 0.4) is 0 Å². The molecule has 0 N–H and O–H groups in total. The molecule has 116 valence electrons. The standard InChI is InChI=1S/C15H23N3O3/c1-2-6-14(20-11-4-8-17)15(21-12-5-9-18)13-19-10-3-7-16/h14-15H,2-6,10-13H2,1H3. The van der Waals surface area contributed by atoms with E-state index in [1.807, 2.05) is 25.1 Å². The Hall–Kier alpha value is -1.65. The fourth-order valence-electron chi connectivity index (χ4n) is 1.75. The normalized spacial score (nSPS) is 12.9. The van der Waals surface area contributed by atoms with Crippen LogP contribution in [0.4, 0.5) is 0 Å². The van der Waals surface area contributed by atoms with Crippen molar-refractivity contribution in [2.24, 2.45) is 0 Å². The molecule has 0 bridgehead atoms. The molecular weight excluding hydrogens is 270 g/mol. The van der Waals surface area contributed by atoms with Crippen LogP contribution in [0.5, 0.6) is 0 Å². The van der Waals surface area contributed by atoms with E-state index in [1.165, 1.54) is 0 Å².